The Balaban J connectivity index is 2.21. The normalized spacial score (nSPS) is 28.1. The number of anilines is 1. The van der Waals surface area contributed by atoms with Crippen molar-refractivity contribution in [3.05, 3.63) is 5.15 Å². The number of aromatic nitrogens is 2. The molecule has 2 rings (SSSR count). The van der Waals surface area contributed by atoms with E-state index in [9.17, 15) is 0 Å². The zero-order valence-electron chi connectivity index (χ0n) is 8.40. The second-order valence-corrected chi connectivity index (χ2v) is 4.82. The molecule has 0 saturated carbocycles. The Labute approximate surface area is 93.4 Å². The highest BCUT2D eigenvalue weighted by atomic mass is 35.5. The minimum absolute atomic E-state index is 0.519. The second-order valence-electron chi connectivity index (χ2n) is 3.93. The lowest BCUT2D eigenvalue weighted by Crippen LogP contribution is -2.42. The number of hydrogen-bond acceptors (Lipinski definition) is 4. The predicted molar refractivity (Wildman–Crippen MR) is 60.1 cm³/mol. The third kappa shape index (κ3) is 1.73. The second kappa shape index (κ2) is 4.03. The van der Waals surface area contributed by atoms with Crippen LogP contribution in [0.4, 0.5) is 5.82 Å². The molecule has 0 aliphatic carbocycles. The maximum Gasteiger partial charge on any atom is 0.187 e. The summed E-state index contributed by atoms with van der Waals surface area (Å²) in [6.45, 7) is 5.57. The van der Waals surface area contributed by atoms with Crippen LogP contribution in [-0.2, 0) is 0 Å². The van der Waals surface area contributed by atoms with Crippen LogP contribution in [0.15, 0.2) is 0 Å². The molecular weight excluding hydrogens is 218 g/mol. The third-order valence-corrected chi connectivity index (χ3v) is 3.95. The lowest BCUT2D eigenvalue weighted by Gasteiger charge is -2.37. The molecule has 1 aliphatic rings. The Morgan fingerprint density at radius 3 is 2.86 bits per heavy atom. The van der Waals surface area contributed by atoms with Crippen molar-refractivity contribution in [3.63, 3.8) is 0 Å². The van der Waals surface area contributed by atoms with Crippen LogP contribution in [0.2, 0.25) is 5.15 Å². The molecule has 0 N–H and O–H groups in total. The Morgan fingerprint density at radius 2 is 2.21 bits per heavy atom. The summed E-state index contributed by atoms with van der Waals surface area (Å²) >= 11 is 7.17. The summed E-state index contributed by atoms with van der Waals surface area (Å²) in [7, 11) is 0. The fourth-order valence-electron chi connectivity index (χ4n) is 1.98. The first-order chi connectivity index (χ1) is 6.70. The fourth-order valence-corrected chi connectivity index (χ4v) is 2.74. The molecule has 0 amide bonds. The minimum atomic E-state index is 0.519. The van der Waals surface area contributed by atoms with Crippen LogP contribution in [0.3, 0.4) is 0 Å². The van der Waals surface area contributed by atoms with Crippen molar-refractivity contribution in [3.8, 4) is 0 Å². The van der Waals surface area contributed by atoms with Gasteiger partial charge in [-0.1, -0.05) is 18.5 Å². The van der Waals surface area contributed by atoms with Crippen molar-refractivity contribution in [2.24, 2.45) is 5.92 Å². The summed E-state index contributed by atoms with van der Waals surface area (Å²) in [6, 6.07) is 0.519. The van der Waals surface area contributed by atoms with Gasteiger partial charge in [0.2, 0.25) is 0 Å². The summed E-state index contributed by atoms with van der Waals surface area (Å²) in [6.07, 6.45) is 2.52. The largest absolute Gasteiger partial charge is 0.350 e. The number of halogens is 1. The molecule has 1 aromatic heterocycles. The van der Waals surface area contributed by atoms with Gasteiger partial charge in [0, 0.05) is 12.6 Å². The molecule has 1 aliphatic heterocycles. The van der Waals surface area contributed by atoms with Gasteiger partial charge >= 0.3 is 0 Å². The minimum Gasteiger partial charge on any atom is -0.350 e. The van der Waals surface area contributed by atoms with E-state index in [1.807, 2.05) is 0 Å². The lowest BCUT2D eigenvalue weighted by atomic mass is 9.92. The monoisotopic (exact) mass is 231 g/mol. The fraction of sp³-hybridized carbons (Fsp3) is 0.778. The van der Waals surface area contributed by atoms with Crippen LogP contribution in [0.1, 0.15) is 26.7 Å². The number of hydrogen-bond donors (Lipinski definition) is 0. The molecule has 1 saturated heterocycles. The van der Waals surface area contributed by atoms with E-state index >= 15 is 0 Å². The quantitative estimate of drug-likeness (QED) is 0.744. The van der Waals surface area contributed by atoms with Crippen LogP contribution >= 0.6 is 23.3 Å². The first kappa shape index (κ1) is 10.2. The highest BCUT2D eigenvalue weighted by Gasteiger charge is 2.27. The van der Waals surface area contributed by atoms with Crippen molar-refractivity contribution in [2.45, 2.75) is 32.7 Å². The molecule has 2 heterocycles. The van der Waals surface area contributed by atoms with Gasteiger partial charge in [-0.3, -0.25) is 0 Å². The van der Waals surface area contributed by atoms with E-state index in [-0.39, 0.29) is 0 Å². The maximum absolute atomic E-state index is 5.98. The topological polar surface area (TPSA) is 29.0 Å². The third-order valence-electron chi connectivity index (χ3n) is 3.08. The van der Waals surface area contributed by atoms with Gasteiger partial charge in [0.05, 0.1) is 11.7 Å². The Bertz CT molecular complexity index is 315. The van der Waals surface area contributed by atoms with E-state index in [0.717, 1.165) is 12.4 Å². The van der Waals surface area contributed by atoms with Crippen LogP contribution in [0, 0.1) is 5.92 Å². The average Bonchev–Trinajstić information content (AvgIpc) is 2.57. The average molecular weight is 232 g/mol. The van der Waals surface area contributed by atoms with E-state index in [2.05, 4.69) is 27.5 Å². The Morgan fingerprint density at radius 1 is 1.43 bits per heavy atom. The molecular formula is C9H14ClN3S. The summed E-state index contributed by atoms with van der Waals surface area (Å²) in [5.41, 5.74) is 0. The molecule has 0 spiro atoms. The Hall–Kier alpha value is -0.350. The maximum atomic E-state index is 5.98. The van der Waals surface area contributed by atoms with E-state index in [1.54, 1.807) is 0 Å². The van der Waals surface area contributed by atoms with Gasteiger partial charge in [-0.15, -0.1) is 0 Å². The molecule has 1 aromatic rings. The summed E-state index contributed by atoms with van der Waals surface area (Å²) in [5.74, 6) is 1.58. The molecule has 78 valence electrons. The van der Waals surface area contributed by atoms with Gasteiger partial charge in [0.25, 0.3) is 0 Å². The lowest BCUT2D eigenvalue weighted by molar-refractivity contribution is 0.362. The molecule has 14 heavy (non-hydrogen) atoms. The highest BCUT2D eigenvalue weighted by Crippen LogP contribution is 2.31. The molecule has 1 fully saturated rings. The van der Waals surface area contributed by atoms with Crippen molar-refractivity contribution in [2.75, 3.05) is 11.4 Å². The SMILES string of the molecule is CC1CCCN(c2nsnc2Cl)C1C. The van der Waals surface area contributed by atoms with Crippen LogP contribution in [0.5, 0.6) is 0 Å². The standard InChI is InChI=1S/C9H14ClN3S/c1-6-4-3-5-13(7(6)2)9-8(10)11-14-12-9/h6-7H,3-5H2,1-2H3. The van der Waals surface area contributed by atoms with Gasteiger partial charge in [-0.25, -0.2) is 0 Å². The van der Waals surface area contributed by atoms with Gasteiger partial charge in [-0.2, -0.15) is 8.75 Å². The highest BCUT2D eigenvalue weighted by molar-refractivity contribution is 6.99. The zero-order chi connectivity index (χ0) is 10.1. The Kier molecular flexibility index (Phi) is 2.93. The summed E-state index contributed by atoms with van der Waals surface area (Å²) in [4.78, 5) is 2.28. The first-order valence-electron chi connectivity index (χ1n) is 4.95. The summed E-state index contributed by atoms with van der Waals surface area (Å²) < 4.78 is 8.25. The molecule has 3 nitrogen and oxygen atoms in total. The molecule has 5 heteroatoms. The van der Waals surface area contributed by atoms with Crippen molar-refractivity contribution in [1.29, 1.82) is 0 Å². The smallest absolute Gasteiger partial charge is 0.187 e. The number of rotatable bonds is 1. The first-order valence-corrected chi connectivity index (χ1v) is 6.05. The van der Waals surface area contributed by atoms with E-state index in [1.165, 1.54) is 24.6 Å². The zero-order valence-corrected chi connectivity index (χ0v) is 9.98. The van der Waals surface area contributed by atoms with E-state index < -0.39 is 0 Å². The summed E-state index contributed by atoms with van der Waals surface area (Å²) in [5, 5.41) is 0.552. The van der Waals surface area contributed by atoms with Crippen molar-refractivity contribution in [1.82, 2.24) is 8.75 Å². The van der Waals surface area contributed by atoms with Gasteiger partial charge in [0.1, 0.15) is 0 Å². The van der Waals surface area contributed by atoms with Crippen molar-refractivity contribution >= 4 is 29.1 Å². The van der Waals surface area contributed by atoms with E-state index in [4.69, 9.17) is 11.6 Å². The number of nitrogens with zero attached hydrogens (tertiary/aromatic N) is 3. The number of piperidine rings is 1. The molecule has 0 aromatic carbocycles. The molecule has 0 radical (unpaired) electrons. The van der Waals surface area contributed by atoms with E-state index in [0.29, 0.717) is 17.1 Å². The van der Waals surface area contributed by atoms with Gasteiger partial charge in [0.15, 0.2) is 11.0 Å². The molecule has 0 bridgehead atoms. The van der Waals surface area contributed by atoms with Crippen LogP contribution in [0.25, 0.3) is 0 Å². The van der Waals surface area contributed by atoms with Crippen molar-refractivity contribution < 1.29 is 0 Å². The van der Waals surface area contributed by atoms with Crippen LogP contribution in [-0.4, -0.2) is 21.3 Å². The van der Waals surface area contributed by atoms with Gasteiger partial charge in [-0.05, 0) is 25.7 Å². The predicted octanol–water partition coefficient (Wildman–Crippen LogP) is 2.82. The molecule has 2 atom stereocenters. The van der Waals surface area contributed by atoms with Gasteiger partial charge < -0.3 is 4.90 Å². The molecule has 2 unspecified atom stereocenters. The van der Waals surface area contributed by atoms with Crippen LogP contribution < -0.4 is 4.90 Å².